The molecule has 3 rings (SSSR count). The first-order valence-electron chi connectivity index (χ1n) is 6.25. The van der Waals surface area contributed by atoms with Crippen LogP contribution in [0.4, 0.5) is 0 Å². The Balaban J connectivity index is 1.91. The summed E-state index contributed by atoms with van der Waals surface area (Å²) in [7, 11) is 0. The fraction of sp³-hybridized carbons (Fsp3) is 0.357. The topological polar surface area (TPSA) is 54.7 Å². The van der Waals surface area contributed by atoms with Gasteiger partial charge in [-0.25, -0.2) is 4.98 Å². The third-order valence-corrected chi connectivity index (χ3v) is 4.46. The number of H-pyrrole nitrogens is 1. The van der Waals surface area contributed by atoms with Crippen LogP contribution in [0.5, 0.6) is 0 Å². The van der Waals surface area contributed by atoms with E-state index >= 15 is 0 Å². The van der Waals surface area contributed by atoms with Gasteiger partial charge in [0, 0.05) is 16.4 Å². The Morgan fingerprint density at radius 3 is 2.56 bits per heavy atom. The highest BCUT2D eigenvalue weighted by Gasteiger charge is 2.39. The molecule has 4 heteroatoms. The van der Waals surface area contributed by atoms with Gasteiger partial charge in [-0.2, -0.15) is 0 Å². The predicted octanol–water partition coefficient (Wildman–Crippen LogP) is 3.22. The maximum atomic E-state index is 5.90. The van der Waals surface area contributed by atoms with Crippen LogP contribution in [0.15, 0.2) is 34.9 Å². The predicted molar refractivity (Wildman–Crippen MR) is 76.3 cm³/mol. The van der Waals surface area contributed by atoms with Crippen molar-refractivity contribution >= 4 is 15.9 Å². The molecule has 0 unspecified atom stereocenters. The molecule has 0 amide bonds. The lowest BCUT2D eigenvalue weighted by Gasteiger charge is -2.39. The molecule has 1 saturated carbocycles. The molecule has 3 nitrogen and oxygen atoms in total. The molecule has 0 atom stereocenters. The van der Waals surface area contributed by atoms with Gasteiger partial charge in [0.25, 0.3) is 0 Å². The zero-order valence-corrected chi connectivity index (χ0v) is 11.7. The molecule has 2 aromatic rings. The summed E-state index contributed by atoms with van der Waals surface area (Å²) in [6, 6.07) is 8.24. The summed E-state index contributed by atoms with van der Waals surface area (Å²) >= 11 is 3.44. The maximum absolute atomic E-state index is 5.90. The molecule has 1 heterocycles. The minimum absolute atomic E-state index is 0.105. The summed E-state index contributed by atoms with van der Waals surface area (Å²) < 4.78 is 1.09. The van der Waals surface area contributed by atoms with Crippen LogP contribution in [-0.2, 0) is 5.41 Å². The molecule has 18 heavy (non-hydrogen) atoms. The standard InChI is InChI=1S/C14H16BrN3/c15-11-4-2-10(3-5-11)12-8-17-13(18-12)14(9-16)6-1-7-14/h2-5,8H,1,6-7,9,16H2,(H,17,18). The van der Waals surface area contributed by atoms with Crippen LogP contribution < -0.4 is 5.73 Å². The minimum atomic E-state index is 0.105. The van der Waals surface area contributed by atoms with Crippen molar-refractivity contribution in [2.24, 2.45) is 5.73 Å². The van der Waals surface area contributed by atoms with E-state index in [0.29, 0.717) is 6.54 Å². The van der Waals surface area contributed by atoms with Crippen LogP contribution in [0.25, 0.3) is 11.3 Å². The number of aromatic amines is 1. The molecule has 0 aliphatic heterocycles. The van der Waals surface area contributed by atoms with Crippen LogP contribution in [0.3, 0.4) is 0 Å². The van der Waals surface area contributed by atoms with E-state index in [0.717, 1.165) is 34.4 Å². The van der Waals surface area contributed by atoms with E-state index in [1.54, 1.807) is 0 Å². The number of hydrogen-bond acceptors (Lipinski definition) is 2. The molecular formula is C14H16BrN3. The van der Waals surface area contributed by atoms with E-state index in [4.69, 9.17) is 5.73 Å². The van der Waals surface area contributed by atoms with Gasteiger partial charge < -0.3 is 10.7 Å². The molecule has 3 N–H and O–H groups in total. The Morgan fingerprint density at radius 1 is 1.28 bits per heavy atom. The van der Waals surface area contributed by atoms with Gasteiger partial charge in [-0.3, -0.25) is 0 Å². The quantitative estimate of drug-likeness (QED) is 0.915. The summed E-state index contributed by atoms with van der Waals surface area (Å²) in [6.07, 6.45) is 5.47. The average Bonchev–Trinajstić information content (AvgIpc) is 2.79. The molecule has 0 bridgehead atoms. The van der Waals surface area contributed by atoms with E-state index in [1.807, 2.05) is 18.3 Å². The first kappa shape index (κ1) is 11.9. The molecule has 1 aliphatic carbocycles. The van der Waals surface area contributed by atoms with Gasteiger partial charge in [0.2, 0.25) is 0 Å². The van der Waals surface area contributed by atoms with Crippen molar-refractivity contribution < 1.29 is 0 Å². The van der Waals surface area contributed by atoms with Crippen LogP contribution in [0.1, 0.15) is 25.1 Å². The zero-order chi connectivity index (χ0) is 12.6. The number of rotatable bonds is 3. The average molecular weight is 306 g/mol. The summed E-state index contributed by atoms with van der Waals surface area (Å²) in [5.74, 6) is 1.05. The molecule has 1 fully saturated rings. The number of hydrogen-bond donors (Lipinski definition) is 2. The molecule has 1 aliphatic rings. The van der Waals surface area contributed by atoms with Gasteiger partial charge >= 0.3 is 0 Å². The number of imidazole rings is 1. The number of nitrogens with two attached hydrogens (primary N) is 1. The lowest BCUT2D eigenvalue weighted by Crippen LogP contribution is -2.42. The number of halogens is 1. The Morgan fingerprint density at radius 2 is 2.00 bits per heavy atom. The summed E-state index contributed by atoms with van der Waals surface area (Å²) in [5.41, 5.74) is 8.23. The summed E-state index contributed by atoms with van der Waals surface area (Å²) in [4.78, 5) is 7.97. The maximum Gasteiger partial charge on any atom is 0.114 e. The highest BCUT2D eigenvalue weighted by molar-refractivity contribution is 9.10. The van der Waals surface area contributed by atoms with Crippen molar-refractivity contribution in [1.82, 2.24) is 9.97 Å². The lowest BCUT2D eigenvalue weighted by molar-refractivity contribution is 0.240. The smallest absolute Gasteiger partial charge is 0.114 e. The van der Waals surface area contributed by atoms with Gasteiger partial charge in [-0.1, -0.05) is 34.5 Å². The first-order valence-corrected chi connectivity index (χ1v) is 7.04. The van der Waals surface area contributed by atoms with Gasteiger partial charge in [0.05, 0.1) is 11.9 Å². The minimum Gasteiger partial charge on any atom is -0.342 e. The highest BCUT2D eigenvalue weighted by atomic mass is 79.9. The Bertz CT molecular complexity index is 535. The second kappa shape index (κ2) is 4.52. The first-order chi connectivity index (χ1) is 8.73. The Labute approximate surface area is 115 Å². The second-order valence-electron chi connectivity index (χ2n) is 4.99. The number of nitrogens with one attached hydrogen (secondary N) is 1. The zero-order valence-electron chi connectivity index (χ0n) is 10.1. The highest BCUT2D eigenvalue weighted by Crippen LogP contribution is 2.41. The van der Waals surface area contributed by atoms with Crippen molar-refractivity contribution in [3.63, 3.8) is 0 Å². The number of benzene rings is 1. The Kier molecular flexibility index (Phi) is 2.99. The monoisotopic (exact) mass is 305 g/mol. The molecule has 94 valence electrons. The van der Waals surface area contributed by atoms with Gasteiger partial charge in [0.15, 0.2) is 0 Å². The molecule has 0 saturated heterocycles. The fourth-order valence-corrected chi connectivity index (χ4v) is 2.77. The number of nitrogens with zero attached hydrogens (tertiary/aromatic N) is 1. The third-order valence-electron chi connectivity index (χ3n) is 3.93. The van der Waals surface area contributed by atoms with E-state index in [9.17, 15) is 0 Å². The van der Waals surface area contributed by atoms with Gasteiger partial charge in [-0.05, 0) is 30.5 Å². The van der Waals surface area contributed by atoms with E-state index in [1.165, 1.54) is 6.42 Å². The van der Waals surface area contributed by atoms with Crippen LogP contribution in [-0.4, -0.2) is 16.5 Å². The fourth-order valence-electron chi connectivity index (χ4n) is 2.51. The van der Waals surface area contributed by atoms with Crippen molar-refractivity contribution in [1.29, 1.82) is 0 Å². The Hall–Kier alpha value is -1.13. The van der Waals surface area contributed by atoms with Crippen LogP contribution in [0, 0.1) is 0 Å². The molecule has 0 spiro atoms. The van der Waals surface area contributed by atoms with Crippen LogP contribution >= 0.6 is 15.9 Å². The molecule has 0 radical (unpaired) electrons. The van der Waals surface area contributed by atoms with Crippen molar-refractivity contribution in [2.45, 2.75) is 24.7 Å². The second-order valence-corrected chi connectivity index (χ2v) is 5.91. The van der Waals surface area contributed by atoms with E-state index < -0.39 is 0 Å². The van der Waals surface area contributed by atoms with Crippen LogP contribution in [0.2, 0.25) is 0 Å². The number of aromatic nitrogens is 2. The van der Waals surface area contributed by atoms with Gasteiger partial charge in [-0.15, -0.1) is 0 Å². The molecule has 1 aromatic heterocycles. The largest absolute Gasteiger partial charge is 0.342 e. The van der Waals surface area contributed by atoms with Crippen molar-refractivity contribution in [2.75, 3.05) is 6.54 Å². The summed E-state index contributed by atoms with van der Waals surface area (Å²) in [5, 5.41) is 0. The van der Waals surface area contributed by atoms with Crippen molar-refractivity contribution in [3.05, 3.63) is 40.8 Å². The SMILES string of the molecule is NCC1(c2ncc(-c3ccc(Br)cc3)[nH]2)CCC1. The molecular weight excluding hydrogens is 290 g/mol. The van der Waals surface area contributed by atoms with E-state index in [-0.39, 0.29) is 5.41 Å². The van der Waals surface area contributed by atoms with Crippen molar-refractivity contribution in [3.8, 4) is 11.3 Å². The van der Waals surface area contributed by atoms with Gasteiger partial charge in [0.1, 0.15) is 5.82 Å². The third kappa shape index (κ3) is 1.89. The molecule has 1 aromatic carbocycles. The lowest BCUT2D eigenvalue weighted by atomic mass is 9.68. The van der Waals surface area contributed by atoms with E-state index in [2.05, 4.69) is 38.0 Å². The summed E-state index contributed by atoms with van der Waals surface area (Å²) in [6.45, 7) is 0.681. The normalized spacial score (nSPS) is 17.4.